The number of amides is 1. The molecular weight excluding hydrogens is 252 g/mol. The van der Waals surface area contributed by atoms with E-state index in [0.717, 1.165) is 0 Å². The lowest BCUT2D eigenvalue weighted by Gasteiger charge is -2.08. The van der Waals surface area contributed by atoms with Gasteiger partial charge in [0, 0.05) is 10.6 Å². The molecular formula is C13H11ClN2O2. The Kier molecular flexibility index (Phi) is 3.39. The molecule has 0 aliphatic heterocycles. The minimum atomic E-state index is -0.361. The van der Waals surface area contributed by atoms with Gasteiger partial charge >= 0.3 is 0 Å². The van der Waals surface area contributed by atoms with Gasteiger partial charge in [-0.2, -0.15) is 0 Å². The molecule has 0 radical (unpaired) electrons. The van der Waals surface area contributed by atoms with E-state index >= 15 is 0 Å². The van der Waals surface area contributed by atoms with Crippen LogP contribution in [0.1, 0.15) is 10.4 Å². The third kappa shape index (κ3) is 2.73. The van der Waals surface area contributed by atoms with Crippen LogP contribution in [0.3, 0.4) is 0 Å². The van der Waals surface area contributed by atoms with Gasteiger partial charge in [-0.1, -0.05) is 17.7 Å². The van der Waals surface area contributed by atoms with Crippen LogP contribution in [0.25, 0.3) is 0 Å². The monoisotopic (exact) mass is 262 g/mol. The minimum absolute atomic E-state index is 0.0294. The molecule has 0 fully saturated rings. The van der Waals surface area contributed by atoms with Crippen LogP contribution in [0.4, 0.5) is 11.4 Å². The summed E-state index contributed by atoms with van der Waals surface area (Å²) in [6, 6.07) is 10.9. The lowest BCUT2D eigenvalue weighted by molar-refractivity contribution is 0.102. The molecule has 0 bridgehead atoms. The molecule has 2 aromatic rings. The summed E-state index contributed by atoms with van der Waals surface area (Å²) < 4.78 is 0. The van der Waals surface area contributed by atoms with Gasteiger partial charge in [-0.3, -0.25) is 4.79 Å². The third-order valence-electron chi connectivity index (χ3n) is 2.37. The molecule has 0 saturated carbocycles. The number of phenolic OH excluding ortho intramolecular Hbond substituents is 1. The summed E-state index contributed by atoms with van der Waals surface area (Å²) in [6.45, 7) is 0. The fraction of sp³-hybridized carbons (Fsp3) is 0. The van der Waals surface area contributed by atoms with Gasteiger partial charge in [0.05, 0.1) is 11.4 Å². The van der Waals surface area contributed by atoms with Crippen LogP contribution in [0.15, 0.2) is 42.5 Å². The lowest BCUT2D eigenvalue weighted by atomic mass is 10.2. The molecule has 0 heterocycles. The first kappa shape index (κ1) is 12.3. The number of aromatic hydroxyl groups is 1. The SMILES string of the molecule is Nc1ccc(Cl)cc1NC(=O)c1cccc(O)c1. The van der Waals surface area contributed by atoms with Gasteiger partial charge in [-0.15, -0.1) is 0 Å². The van der Waals surface area contributed by atoms with E-state index in [2.05, 4.69) is 5.32 Å². The van der Waals surface area contributed by atoms with Gasteiger partial charge in [-0.25, -0.2) is 0 Å². The molecule has 0 aromatic heterocycles. The Morgan fingerprint density at radius 1 is 1.22 bits per heavy atom. The first-order valence-electron chi connectivity index (χ1n) is 5.21. The van der Waals surface area contributed by atoms with Gasteiger partial charge in [0.15, 0.2) is 0 Å². The Morgan fingerprint density at radius 3 is 2.72 bits per heavy atom. The minimum Gasteiger partial charge on any atom is -0.508 e. The topological polar surface area (TPSA) is 75.3 Å². The van der Waals surface area contributed by atoms with E-state index in [1.807, 2.05) is 0 Å². The van der Waals surface area contributed by atoms with Gasteiger partial charge in [0.25, 0.3) is 5.91 Å². The van der Waals surface area contributed by atoms with Gasteiger partial charge in [0.2, 0.25) is 0 Å². The van der Waals surface area contributed by atoms with Crippen molar-refractivity contribution in [3.8, 4) is 5.75 Å². The lowest BCUT2D eigenvalue weighted by Crippen LogP contribution is -2.13. The van der Waals surface area contributed by atoms with Crippen molar-refractivity contribution < 1.29 is 9.90 Å². The molecule has 92 valence electrons. The number of rotatable bonds is 2. The predicted molar refractivity (Wildman–Crippen MR) is 71.9 cm³/mol. The summed E-state index contributed by atoms with van der Waals surface area (Å²) in [5.41, 5.74) is 6.93. The number of hydrogen-bond donors (Lipinski definition) is 3. The summed E-state index contributed by atoms with van der Waals surface area (Å²) in [5.74, 6) is -0.332. The molecule has 0 saturated heterocycles. The first-order chi connectivity index (χ1) is 8.56. The molecule has 2 aromatic carbocycles. The highest BCUT2D eigenvalue weighted by Crippen LogP contribution is 2.23. The standard InChI is InChI=1S/C13H11ClN2O2/c14-9-4-5-11(15)12(7-9)16-13(18)8-2-1-3-10(17)6-8/h1-7,17H,15H2,(H,16,18). The number of carbonyl (C=O) groups is 1. The van der Waals surface area contributed by atoms with Crippen LogP contribution in [-0.4, -0.2) is 11.0 Å². The van der Waals surface area contributed by atoms with E-state index in [4.69, 9.17) is 17.3 Å². The van der Waals surface area contributed by atoms with Crippen LogP contribution in [0.2, 0.25) is 5.02 Å². The average Bonchev–Trinajstić information content (AvgIpc) is 2.34. The van der Waals surface area contributed by atoms with Crippen LogP contribution in [0, 0.1) is 0 Å². The molecule has 0 atom stereocenters. The largest absolute Gasteiger partial charge is 0.508 e. The number of phenols is 1. The molecule has 2 rings (SSSR count). The van der Waals surface area contributed by atoms with Crippen LogP contribution in [-0.2, 0) is 0 Å². The highest BCUT2D eigenvalue weighted by atomic mass is 35.5. The van der Waals surface area contributed by atoms with Crippen molar-refractivity contribution in [2.75, 3.05) is 11.1 Å². The highest BCUT2D eigenvalue weighted by molar-refractivity contribution is 6.31. The molecule has 0 spiro atoms. The number of hydrogen-bond acceptors (Lipinski definition) is 3. The van der Waals surface area contributed by atoms with Crippen molar-refractivity contribution in [3.63, 3.8) is 0 Å². The van der Waals surface area contributed by atoms with Gasteiger partial charge in [0.1, 0.15) is 5.75 Å². The van der Waals surface area contributed by atoms with Crippen molar-refractivity contribution in [1.29, 1.82) is 0 Å². The number of halogens is 1. The second-order valence-electron chi connectivity index (χ2n) is 3.74. The van der Waals surface area contributed by atoms with E-state index in [9.17, 15) is 9.90 Å². The molecule has 4 N–H and O–H groups in total. The Bertz CT molecular complexity index is 599. The summed E-state index contributed by atoms with van der Waals surface area (Å²) in [4.78, 5) is 11.9. The fourth-order valence-corrected chi connectivity index (χ4v) is 1.65. The van der Waals surface area contributed by atoms with Gasteiger partial charge in [-0.05, 0) is 36.4 Å². The van der Waals surface area contributed by atoms with E-state index in [0.29, 0.717) is 22.0 Å². The maximum absolute atomic E-state index is 11.9. The van der Waals surface area contributed by atoms with E-state index in [-0.39, 0.29) is 11.7 Å². The molecule has 1 amide bonds. The fourth-order valence-electron chi connectivity index (χ4n) is 1.48. The zero-order valence-corrected chi connectivity index (χ0v) is 10.1. The number of nitrogen functional groups attached to an aromatic ring is 1. The van der Waals surface area contributed by atoms with Crippen molar-refractivity contribution in [2.24, 2.45) is 0 Å². The van der Waals surface area contributed by atoms with Crippen LogP contribution < -0.4 is 11.1 Å². The molecule has 18 heavy (non-hydrogen) atoms. The zero-order valence-electron chi connectivity index (χ0n) is 9.35. The van der Waals surface area contributed by atoms with E-state index < -0.39 is 0 Å². The molecule has 5 heteroatoms. The van der Waals surface area contributed by atoms with E-state index in [1.165, 1.54) is 12.1 Å². The second-order valence-corrected chi connectivity index (χ2v) is 4.17. The normalized spacial score (nSPS) is 10.1. The predicted octanol–water partition coefficient (Wildman–Crippen LogP) is 2.88. The van der Waals surface area contributed by atoms with Crippen molar-refractivity contribution in [2.45, 2.75) is 0 Å². The van der Waals surface area contributed by atoms with Crippen molar-refractivity contribution in [1.82, 2.24) is 0 Å². The zero-order chi connectivity index (χ0) is 13.1. The second kappa shape index (κ2) is 4.98. The van der Waals surface area contributed by atoms with E-state index in [1.54, 1.807) is 30.3 Å². The number of anilines is 2. The number of nitrogens with one attached hydrogen (secondary N) is 1. The number of nitrogens with two attached hydrogens (primary N) is 1. The Labute approximate surface area is 109 Å². The molecule has 4 nitrogen and oxygen atoms in total. The van der Waals surface area contributed by atoms with Crippen molar-refractivity contribution in [3.05, 3.63) is 53.1 Å². The number of carbonyl (C=O) groups excluding carboxylic acids is 1. The quantitative estimate of drug-likeness (QED) is 0.729. The molecule has 0 unspecified atom stereocenters. The third-order valence-corrected chi connectivity index (χ3v) is 2.61. The smallest absolute Gasteiger partial charge is 0.255 e. The first-order valence-corrected chi connectivity index (χ1v) is 5.59. The summed E-state index contributed by atoms with van der Waals surface area (Å²) in [7, 11) is 0. The summed E-state index contributed by atoms with van der Waals surface area (Å²) in [6.07, 6.45) is 0. The van der Waals surface area contributed by atoms with Gasteiger partial charge < -0.3 is 16.2 Å². The van der Waals surface area contributed by atoms with Crippen LogP contribution in [0.5, 0.6) is 5.75 Å². The Hall–Kier alpha value is -2.20. The highest BCUT2D eigenvalue weighted by Gasteiger charge is 2.08. The van der Waals surface area contributed by atoms with Crippen molar-refractivity contribution >= 4 is 28.9 Å². The maximum Gasteiger partial charge on any atom is 0.255 e. The summed E-state index contributed by atoms with van der Waals surface area (Å²) in [5, 5.41) is 12.4. The van der Waals surface area contributed by atoms with Crippen LogP contribution >= 0.6 is 11.6 Å². The molecule has 0 aliphatic carbocycles. The maximum atomic E-state index is 11.9. The Morgan fingerprint density at radius 2 is 2.00 bits per heavy atom. The number of benzene rings is 2. The Balaban J connectivity index is 2.24. The summed E-state index contributed by atoms with van der Waals surface area (Å²) >= 11 is 5.82. The average molecular weight is 263 g/mol. The molecule has 0 aliphatic rings.